The number of nitrogens with zero attached hydrogens (tertiary/aromatic N) is 4. The number of rotatable bonds is 17. The van der Waals surface area contributed by atoms with E-state index in [1.165, 1.54) is 6.42 Å². The number of ether oxygens (including phenoxy) is 2. The van der Waals surface area contributed by atoms with Crippen molar-refractivity contribution < 1.29 is 17.9 Å². The lowest BCUT2D eigenvalue weighted by atomic mass is 10.1. The highest BCUT2D eigenvalue weighted by Gasteiger charge is 2.27. The lowest BCUT2D eigenvalue weighted by Crippen LogP contribution is -2.21. The lowest BCUT2D eigenvalue weighted by Gasteiger charge is -2.21. The highest BCUT2D eigenvalue weighted by Crippen LogP contribution is 2.31. The number of unbranched alkanes of at least 4 members (excludes halogenated alkanes) is 5. The van der Waals surface area contributed by atoms with Gasteiger partial charge in [-0.3, -0.25) is 4.72 Å². The van der Waals surface area contributed by atoms with Crippen molar-refractivity contribution >= 4 is 44.5 Å². The first-order valence-electron chi connectivity index (χ1n) is 16.2. The Labute approximate surface area is 274 Å². The number of hydrogen-bond acceptors (Lipinski definition) is 7. The Morgan fingerprint density at radius 2 is 1.57 bits per heavy atom. The molecule has 0 aliphatic carbocycles. The van der Waals surface area contributed by atoms with E-state index < -0.39 is 10.0 Å². The molecule has 3 aromatic carbocycles. The summed E-state index contributed by atoms with van der Waals surface area (Å²) in [7, 11) is -0.486. The topological polar surface area (TPSA) is 105 Å². The van der Waals surface area contributed by atoms with Crippen molar-refractivity contribution in [2.75, 3.05) is 42.7 Å². The van der Waals surface area contributed by atoms with E-state index in [9.17, 15) is 8.42 Å². The molecule has 0 amide bonds. The van der Waals surface area contributed by atoms with E-state index in [1.807, 2.05) is 37.3 Å². The molecular weight excluding hydrogens is 598 g/mol. The van der Waals surface area contributed by atoms with Crippen LogP contribution in [0.15, 0.2) is 75.6 Å². The van der Waals surface area contributed by atoms with Crippen LogP contribution in [0.2, 0.25) is 0 Å². The Morgan fingerprint density at radius 3 is 2.26 bits per heavy atom. The zero-order valence-electron chi connectivity index (χ0n) is 28.0. The number of aryl methyl sites for hydroxylation is 1. The number of anilines is 2. The maximum absolute atomic E-state index is 13.3. The van der Waals surface area contributed by atoms with Crippen molar-refractivity contribution in [2.45, 2.75) is 66.2 Å². The van der Waals surface area contributed by atoms with E-state index in [0.29, 0.717) is 52.1 Å². The second-order valence-electron chi connectivity index (χ2n) is 11.3. The second kappa shape index (κ2) is 16.4. The van der Waals surface area contributed by atoms with Crippen molar-refractivity contribution in [2.24, 2.45) is 15.0 Å². The molecular formula is C36H47N5O4S. The minimum atomic E-state index is -3.64. The number of benzene rings is 3. The van der Waals surface area contributed by atoms with Crippen LogP contribution in [0.4, 0.5) is 17.1 Å². The van der Waals surface area contributed by atoms with E-state index >= 15 is 0 Å². The minimum Gasteiger partial charge on any atom is -0.497 e. The van der Waals surface area contributed by atoms with Crippen LogP contribution in [0.5, 0.6) is 11.5 Å². The molecule has 1 aliphatic heterocycles. The number of para-hydroxylation sites is 1. The van der Waals surface area contributed by atoms with Crippen molar-refractivity contribution in [3.63, 3.8) is 0 Å². The molecule has 0 atom stereocenters. The molecule has 1 heterocycles. The normalized spacial score (nSPS) is 13.8. The average Bonchev–Trinajstić information content (AvgIpc) is 3.47. The van der Waals surface area contributed by atoms with Gasteiger partial charge in [0.25, 0.3) is 0 Å². The maximum atomic E-state index is 13.3. The molecule has 0 saturated carbocycles. The zero-order valence-corrected chi connectivity index (χ0v) is 28.8. The van der Waals surface area contributed by atoms with Crippen LogP contribution in [0.3, 0.4) is 0 Å². The van der Waals surface area contributed by atoms with Crippen LogP contribution in [0.1, 0.15) is 76.0 Å². The molecule has 0 bridgehead atoms. The molecule has 0 saturated heterocycles. The SMILES string of the molecule is CCCCCCCCS(=O)(=O)Nc1cc(OC)ccc1C1=NC(c2ccccc2OC)=NC1=Nc1ccc(N(CC)CC)cc1C. The van der Waals surface area contributed by atoms with Crippen molar-refractivity contribution in [3.8, 4) is 11.5 Å². The number of methoxy groups -OCH3 is 2. The average molecular weight is 646 g/mol. The molecule has 1 N–H and O–H groups in total. The van der Waals surface area contributed by atoms with Gasteiger partial charge in [0.2, 0.25) is 10.0 Å². The van der Waals surface area contributed by atoms with E-state index in [0.717, 1.165) is 55.7 Å². The first-order chi connectivity index (χ1) is 22.2. The third kappa shape index (κ3) is 8.75. The molecule has 0 aromatic heterocycles. The molecule has 0 unspecified atom stereocenters. The van der Waals surface area contributed by atoms with Gasteiger partial charge in [-0.15, -0.1) is 0 Å². The van der Waals surface area contributed by atoms with Gasteiger partial charge >= 0.3 is 0 Å². The van der Waals surface area contributed by atoms with Crippen LogP contribution in [-0.2, 0) is 10.0 Å². The number of aliphatic imine (C=N–C) groups is 3. The van der Waals surface area contributed by atoms with Crippen molar-refractivity contribution in [1.29, 1.82) is 0 Å². The standard InChI is InChI=1S/C36H47N5O4S/c1-7-10-11-12-13-16-23-46(42,43)40-32-25-28(44-5)20-21-29(32)34-36(39-35(38-34)30-17-14-15-18-33(30)45-6)37-31-22-19-27(24-26(31)4)41(8-2)9-3/h14-15,17-22,24-25,40H,7-13,16,23H2,1-6H3. The summed E-state index contributed by atoms with van der Waals surface area (Å²) >= 11 is 0. The molecule has 0 fully saturated rings. The Morgan fingerprint density at radius 1 is 0.826 bits per heavy atom. The van der Waals surface area contributed by atoms with Gasteiger partial charge < -0.3 is 14.4 Å². The fourth-order valence-corrected chi connectivity index (χ4v) is 6.63. The smallest absolute Gasteiger partial charge is 0.232 e. The summed E-state index contributed by atoms with van der Waals surface area (Å²) in [6.45, 7) is 10.3. The fraction of sp³-hybridized carbons (Fsp3) is 0.417. The molecule has 46 heavy (non-hydrogen) atoms. The molecule has 246 valence electrons. The first kappa shape index (κ1) is 34.7. The first-order valence-corrected chi connectivity index (χ1v) is 17.8. The zero-order chi connectivity index (χ0) is 33.1. The summed E-state index contributed by atoms with van der Waals surface area (Å²) in [5.74, 6) is 1.98. The molecule has 1 aliphatic rings. The number of nitrogens with one attached hydrogen (secondary N) is 1. The summed E-state index contributed by atoms with van der Waals surface area (Å²) in [4.78, 5) is 17.1. The number of hydrogen-bond donors (Lipinski definition) is 1. The number of amidine groups is 2. The third-order valence-electron chi connectivity index (χ3n) is 8.04. The van der Waals surface area contributed by atoms with Crippen molar-refractivity contribution in [1.82, 2.24) is 0 Å². The predicted molar refractivity (Wildman–Crippen MR) is 192 cm³/mol. The summed E-state index contributed by atoms with van der Waals surface area (Å²) in [6.07, 6.45) is 5.94. The van der Waals surface area contributed by atoms with Crippen LogP contribution in [0.25, 0.3) is 0 Å². The second-order valence-corrected chi connectivity index (χ2v) is 13.1. The van der Waals surface area contributed by atoms with Gasteiger partial charge in [0.1, 0.15) is 17.2 Å². The summed E-state index contributed by atoms with van der Waals surface area (Å²) in [5.41, 5.74) is 4.95. The summed E-state index contributed by atoms with van der Waals surface area (Å²) in [6, 6.07) is 19.0. The van der Waals surface area contributed by atoms with Gasteiger partial charge in [-0.2, -0.15) is 0 Å². The van der Waals surface area contributed by atoms with E-state index in [-0.39, 0.29) is 5.75 Å². The molecule has 10 heteroatoms. The highest BCUT2D eigenvalue weighted by molar-refractivity contribution is 7.92. The maximum Gasteiger partial charge on any atom is 0.232 e. The van der Waals surface area contributed by atoms with Gasteiger partial charge in [0.05, 0.1) is 36.9 Å². The third-order valence-corrected chi connectivity index (χ3v) is 9.40. The quantitative estimate of drug-likeness (QED) is 0.150. The molecule has 9 nitrogen and oxygen atoms in total. The van der Waals surface area contributed by atoms with Gasteiger partial charge in [-0.05, 0) is 75.2 Å². The van der Waals surface area contributed by atoms with Crippen LogP contribution < -0.4 is 19.1 Å². The summed E-state index contributed by atoms with van der Waals surface area (Å²) < 4.78 is 40.5. The predicted octanol–water partition coefficient (Wildman–Crippen LogP) is 7.94. The molecule has 0 spiro atoms. The fourth-order valence-electron chi connectivity index (χ4n) is 5.44. The Bertz CT molecular complexity index is 1690. The van der Waals surface area contributed by atoms with Gasteiger partial charge in [0.15, 0.2) is 11.7 Å². The van der Waals surface area contributed by atoms with Crippen LogP contribution >= 0.6 is 0 Å². The Hall–Kier alpha value is -4.18. The van der Waals surface area contributed by atoms with E-state index in [2.05, 4.69) is 42.5 Å². The molecule has 4 rings (SSSR count). The van der Waals surface area contributed by atoms with E-state index in [1.54, 1.807) is 32.4 Å². The van der Waals surface area contributed by atoms with Crippen molar-refractivity contribution in [3.05, 3.63) is 77.4 Å². The van der Waals surface area contributed by atoms with Gasteiger partial charge in [0, 0.05) is 30.4 Å². The van der Waals surface area contributed by atoms with Gasteiger partial charge in [-0.1, -0.05) is 51.2 Å². The highest BCUT2D eigenvalue weighted by atomic mass is 32.2. The largest absolute Gasteiger partial charge is 0.497 e. The van der Waals surface area contributed by atoms with Crippen LogP contribution in [0, 0.1) is 6.92 Å². The Kier molecular flexibility index (Phi) is 12.4. The van der Waals surface area contributed by atoms with E-state index in [4.69, 9.17) is 24.5 Å². The lowest BCUT2D eigenvalue weighted by molar-refractivity contribution is 0.414. The monoisotopic (exact) mass is 645 g/mol. The number of sulfonamides is 1. The van der Waals surface area contributed by atoms with Gasteiger partial charge in [-0.25, -0.2) is 23.4 Å². The Balaban J connectivity index is 1.77. The van der Waals surface area contributed by atoms with Crippen LogP contribution in [-0.4, -0.2) is 58.9 Å². The molecule has 3 aromatic rings. The summed E-state index contributed by atoms with van der Waals surface area (Å²) in [5, 5.41) is 0. The molecule has 0 radical (unpaired) electrons. The minimum absolute atomic E-state index is 0.0320.